The smallest absolute Gasteiger partial charge is 0.0994 e. The molecule has 0 aromatic heterocycles. The third-order valence-corrected chi connectivity index (χ3v) is 2.97. The Balaban J connectivity index is 3.49. The Bertz CT molecular complexity index is 549. The van der Waals surface area contributed by atoms with Crippen molar-refractivity contribution >= 4 is 11.1 Å². The molecule has 0 aliphatic heterocycles. The Morgan fingerprint density at radius 3 is 1.44 bits per heavy atom. The van der Waals surface area contributed by atoms with Gasteiger partial charge in [0.15, 0.2) is 0 Å². The summed E-state index contributed by atoms with van der Waals surface area (Å²) in [6.07, 6.45) is 3.62. The average Bonchev–Trinajstić information content (AvgIpc) is 2.37. The van der Waals surface area contributed by atoms with Gasteiger partial charge in [0, 0.05) is 0 Å². The maximum Gasteiger partial charge on any atom is 0.0994 e. The predicted molar refractivity (Wildman–Crippen MR) is 74.4 cm³/mol. The van der Waals surface area contributed by atoms with Crippen molar-refractivity contribution in [1.29, 1.82) is 10.5 Å². The molecule has 0 heterocycles. The first kappa shape index (κ1) is 13.7. The molecule has 0 radical (unpaired) electrons. The summed E-state index contributed by atoms with van der Waals surface area (Å²) in [6.45, 7) is 7.63. The van der Waals surface area contributed by atoms with E-state index in [9.17, 15) is 0 Å². The fraction of sp³-hybridized carbons (Fsp3) is 0.250. The van der Waals surface area contributed by atoms with E-state index in [2.05, 4.69) is 12.1 Å². The van der Waals surface area contributed by atoms with Crippen molar-refractivity contribution in [2.24, 2.45) is 0 Å². The van der Waals surface area contributed by atoms with Gasteiger partial charge in [-0.05, 0) is 62.1 Å². The molecule has 0 spiro atoms. The summed E-state index contributed by atoms with van der Waals surface area (Å²) in [4.78, 5) is 0. The molecule has 2 nitrogen and oxygen atoms in total. The van der Waals surface area contributed by atoms with Crippen molar-refractivity contribution in [2.45, 2.75) is 27.7 Å². The Kier molecular flexibility index (Phi) is 4.46. The lowest BCUT2D eigenvalue weighted by molar-refractivity contribution is 1.33. The minimum atomic E-state index is 0.668. The highest BCUT2D eigenvalue weighted by Gasteiger charge is 2.10. The standard InChI is InChI=1S/C16H16N2/c1-5-13(9-17)15-7-12(4)16(8-11(15)3)14(6-2)10-18/h5-8H,1-4H3. The van der Waals surface area contributed by atoms with E-state index in [1.807, 2.05) is 52.0 Å². The molecule has 0 aliphatic carbocycles. The predicted octanol–water partition coefficient (Wildman–Crippen LogP) is 4.16. The van der Waals surface area contributed by atoms with E-state index in [0.29, 0.717) is 11.1 Å². The SMILES string of the molecule is CC=C(C#N)c1cc(C)c(C(C#N)=CC)cc1C. The van der Waals surface area contributed by atoms with Crippen LogP contribution in [0.15, 0.2) is 24.3 Å². The van der Waals surface area contributed by atoms with E-state index in [1.54, 1.807) is 0 Å². The van der Waals surface area contributed by atoms with Crippen LogP contribution in [0.1, 0.15) is 36.1 Å². The lowest BCUT2D eigenvalue weighted by Crippen LogP contribution is -1.94. The van der Waals surface area contributed by atoms with Crippen molar-refractivity contribution in [2.75, 3.05) is 0 Å². The van der Waals surface area contributed by atoms with Gasteiger partial charge in [-0.15, -0.1) is 0 Å². The molecule has 0 bridgehead atoms. The molecule has 1 aromatic carbocycles. The second-order valence-corrected chi connectivity index (χ2v) is 4.11. The third kappa shape index (κ3) is 2.50. The maximum atomic E-state index is 9.08. The normalized spacial score (nSPS) is 11.9. The molecule has 0 atom stereocenters. The molecule has 0 unspecified atom stereocenters. The van der Waals surface area contributed by atoms with Gasteiger partial charge in [0.2, 0.25) is 0 Å². The van der Waals surface area contributed by atoms with Gasteiger partial charge in [-0.3, -0.25) is 0 Å². The molecule has 0 saturated carbocycles. The second-order valence-electron chi connectivity index (χ2n) is 4.11. The molecule has 0 amide bonds. The van der Waals surface area contributed by atoms with Gasteiger partial charge >= 0.3 is 0 Å². The van der Waals surface area contributed by atoms with Gasteiger partial charge in [0.1, 0.15) is 0 Å². The number of nitrogens with zero attached hydrogens (tertiary/aromatic N) is 2. The minimum absolute atomic E-state index is 0.668. The number of hydrogen-bond donors (Lipinski definition) is 0. The van der Waals surface area contributed by atoms with Crippen molar-refractivity contribution in [3.05, 3.63) is 46.5 Å². The van der Waals surface area contributed by atoms with Crippen LogP contribution in [0.2, 0.25) is 0 Å². The summed E-state index contributed by atoms with van der Waals surface area (Å²) in [5, 5.41) is 18.2. The second kappa shape index (κ2) is 5.84. The van der Waals surface area contributed by atoms with Crippen LogP contribution >= 0.6 is 0 Å². The van der Waals surface area contributed by atoms with Crippen LogP contribution in [0.5, 0.6) is 0 Å². The van der Waals surface area contributed by atoms with Crippen LogP contribution in [-0.2, 0) is 0 Å². The van der Waals surface area contributed by atoms with Gasteiger partial charge in [-0.2, -0.15) is 10.5 Å². The molecular weight excluding hydrogens is 220 g/mol. The van der Waals surface area contributed by atoms with Gasteiger partial charge in [-0.1, -0.05) is 12.2 Å². The van der Waals surface area contributed by atoms with E-state index in [0.717, 1.165) is 22.3 Å². The molecule has 90 valence electrons. The largest absolute Gasteiger partial charge is 0.192 e. The van der Waals surface area contributed by atoms with Gasteiger partial charge < -0.3 is 0 Å². The molecule has 0 N–H and O–H groups in total. The number of hydrogen-bond acceptors (Lipinski definition) is 2. The third-order valence-electron chi connectivity index (χ3n) is 2.97. The van der Waals surface area contributed by atoms with Crippen molar-refractivity contribution < 1.29 is 0 Å². The number of allylic oxidation sites excluding steroid dienone is 4. The highest BCUT2D eigenvalue weighted by atomic mass is 14.3. The lowest BCUT2D eigenvalue weighted by Gasteiger charge is -2.11. The van der Waals surface area contributed by atoms with Gasteiger partial charge in [0.05, 0.1) is 23.3 Å². The fourth-order valence-corrected chi connectivity index (χ4v) is 1.96. The lowest BCUT2D eigenvalue weighted by atomic mass is 9.92. The fourth-order valence-electron chi connectivity index (χ4n) is 1.96. The van der Waals surface area contributed by atoms with Crippen LogP contribution < -0.4 is 0 Å². The molecule has 1 rings (SSSR count). The highest BCUT2D eigenvalue weighted by molar-refractivity contribution is 5.83. The number of benzene rings is 1. The Morgan fingerprint density at radius 2 is 1.22 bits per heavy atom. The van der Waals surface area contributed by atoms with Crippen molar-refractivity contribution in [3.8, 4) is 12.1 Å². The number of aryl methyl sites for hydroxylation is 2. The quantitative estimate of drug-likeness (QED) is 0.724. The van der Waals surface area contributed by atoms with E-state index in [-0.39, 0.29) is 0 Å². The zero-order chi connectivity index (χ0) is 13.7. The molecule has 0 fully saturated rings. The van der Waals surface area contributed by atoms with Crippen LogP contribution in [0, 0.1) is 36.5 Å². The first-order valence-corrected chi connectivity index (χ1v) is 5.83. The molecule has 1 aromatic rings. The zero-order valence-corrected chi connectivity index (χ0v) is 11.2. The van der Waals surface area contributed by atoms with E-state index in [1.165, 1.54) is 0 Å². The van der Waals surface area contributed by atoms with Crippen LogP contribution in [0.4, 0.5) is 0 Å². The van der Waals surface area contributed by atoms with Crippen molar-refractivity contribution in [1.82, 2.24) is 0 Å². The topological polar surface area (TPSA) is 47.6 Å². The van der Waals surface area contributed by atoms with E-state index in [4.69, 9.17) is 10.5 Å². The first-order chi connectivity index (χ1) is 8.58. The van der Waals surface area contributed by atoms with Gasteiger partial charge in [-0.25, -0.2) is 0 Å². The molecule has 2 heteroatoms. The first-order valence-electron chi connectivity index (χ1n) is 5.83. The van der Waals surface area contributed by atoms with E-state index < -0.39 is 0 Å². The van der Waals surface area contributed by atoms with Crippen LogP contribution in [0.3, 0.4) is 0 Å². The summed E-state index contributed by atoms with van der Waals surface area (Å²) in [5.74, 6) is 0. The van der Waals surface area contributed by atoms with Crippen molar-refractivity contribution in [3.63, 3.8) is 0 Å². The summed E-state index contributed by atoms with van der Waals surface area (Å²) in [6, 6.07) is 8.34. The Labute approximate surface area is 108 Å². The molecular formula is C16H16N2. The van der Waals surface area contributed by atoms with Crippen LogP contribution in [0.25, 0.3) is 11.1 Å². The monoisotopic (exact) mass is 236 g/mol. The Hall–Kier alpha value is -2.32. The van der Waals surface area contributed by atoms with E-state index >= 15 is 0 Å². The summed E-state index contributed by atoms with van der Waals surface area (Å²) in [5.41, 5.74) is 5.24. The minimum Gasteiger partial charge on any atom is -0.192 e. The summed E-state index contributed by atoms with van der Waals surface area (Å²) in [7, 11) is 0. The number of nitriles is 2. The van der Waals surface area contributed by atoms with Crippen LogP contribution in [-0.4, -0.2) is 0 Å². The average molecular weight is 236 g/mol. The molecule has 18 heavy (non-hydrogen) atoms. The Morgan fingerprint density at radius 1 is 0.889 bits per heavy atom. The highest BCUT2D eigenvalue weighted by Crippen LogP contribution is 2.26. The maximum absolute atomic E-state index is 9.08. The number of rotatable bonds is 2. The summed E-state index contributed by atoms with van der Waals surface area (Å²) < 4.78 is 0. The summed E-state index contributed by atoms with van der Waals surface area (Å²) >= 11 is 0. The molecule has 0 aliphatic rings. The zero-order valence-electron chi connectivity index (χ0n) is 11.2. The van der Waals surface area contributed by atoms with Gasteiger partial charge in [0.25, 0.3) is 0 Å². The molecule has 0 saturated heterocycles.